The highest BCUT2D eigenvalue weighted by atomic mass is 32.2. The monoisotopic (exact) mass is 741 g/mol. The zero-order valence-electron chi connectivity index (χ0n) is 27.4. The van der Waals surface area contributed by atoms with Crippen molar-refractivity contribution in [2.24, 2.45) is 5.16 Å². The van der Waals surface area contributed by atoms with Crippen LogP contribution in [0.1, 0.15) is 53.6 Å². The maximum atomic E-state index is 12.9. The number of nitrogen functional groups attached to an aromatic ring is 1. The zero-order valence-corrected chi connectivity index (χ0v) is 29.9. The van der Waals surface area contributed by atoms with Gasteiger partial charge in [-0.05, 0) is 36.4 Å². The molecule has 6 rings (SSSR count). The number of cyclic esters (lactones) is 1. The lowest BCUT2D eigenvalue weighted by Crippen LogP contribution is -2.77. The number of β-lactam (4-membered cyclic amide) rings is 1. The van der Waals surface area contributed by atoms with Crippen LogP contribution in [0.5, 0.6) is 0 Å². The number of amides is 2. The van der Waals surface area contributed by atoms with Crippen LogP contribution in [0.3, 0.4) is 0 Å². The molecule has 50 heavy (non-hydrogen) atoms. The zero-order chi connectivity index (χ0) is 36.2. The van der Waals surface area contributed by atoms with Gasteiger partial charge in [-0.1, -0.05) is 54.5 Å². The summed E-state index contributed by atoms with van der Waals surface area (Å²) in [7, 11) is 1.27. The number of esters is 2. The Kier molecular flexibility index (Phi) is 11.4. The Morgan fingerprint density at radius 1 is 1.20 bits per heavy atom. The molecule has 3 aromatic rings. The van der Waals surface area contributed by atoms with Gasteiger partial charge in [0.2, 0.25) is 5.91 Å². The third kappa shape index (κ3) is 7.29. The summed E-state index contributed by atoms with van der Waals surface area (Å²) in [5.41, 5.74) is 8.36. The van der Waals surface area contributed by atoms with Gasteiger partial charge in [0.05, 0.1) is 10.8 Å². The van der Waals surface area contributed by atoms with Crippen LogP contribution in [-0.4, -0.2) is 97.9 Å². The first-order valence-electron chi connectivity index (χ1n) is 15.4. The topological polar surface area (TPSA) is 200 Å². The summed E-state index contributed by atoms with van der Waals surface area (Å²) in [4.78, 5) is 71.8. The molecule has 0 radical (unpaired) electrons. The first-order chi connectivity index (χ1) is 23.9. The van der Waals surface area contributed by atoms with Crippen molar-refractivity contribution in [3.8, 4) is 0 Å². The van der Waals surface area contributed by atoms with Gasteiger partial charge in [0.15, 0.2) is 16.9 Å². The maximum Gasteiger partial charge on any atom is 0.339 e. The SMILES string of the molecule is CCC(=O)OC(C)C1S[C@@H]2C(NC(=O)C(=NOC)c3csc(N)n3)C(=O)N2CC1(SC)C(=O)O.O=C1OC(c2ccccc2)c2cccc1c2. The quantitative estimate of drug-likeness (QED) is 0.118. The van der Waals surface area contributed by atoms with Gasteiger partial charge in [-0.2, -0.15) is 0 Å². The third-order valence-corrected chi connectivity index (χ3v) is 12.2. The second kappa shape index (κ2) is 15.5. The second-order valence-corrected chi connectivity index (χ2v) is 14.6. The molecule has 0 aliphatic carbocycles. The standard InChI is InChI=1S/C19H25N5O7S3.C14H10O2/c1-5-10(25)31-8(2)13-19(32-4,17(28)29)7-24-15(27)12(16(24)34-13)22-14(26)11(23-30-3)9-6-33-18(20)21-9;15-14-12-8-4-7-11(9-12)13(16-14)10-5-2-1-3-6-10/h6,8,12-13,16H,5,7H2,1-4H3,(H2,20,21)(H,22,26)(H,28,29);1-9,13H/t8?,12?,13?,16-,19?;/m1./s1. The number of rotatable bonds is 10. The molecule has 0 spiro atoms. The lowest BCUT2D eigenvalue weighted by atomic mass is 9.95. The molecule has 1 aromatic heterocycles. The van der Waals surface area contributed by atoms with E-state index in [0.717, 1.165) is 34.2 Å². The number of benzene rings is 2. The van der Waals surface area contributed by atoms with E-state index in [2.05, 4.69) is 15.5 Å². The van der Waals surface area contributed by atoms with Gasteiger partial charge in [0, 0.05) is 18.3 Å². The number of nitrogens with two attached hydrogens (primary N) is 1. The number of nitrogens with zero attached hydrogens (tertiary/aromatic N) is 3. The van der Waals surface area contributed by atoms with Crippen LogP contribution in [0.4, 0.5) is 5.13 Å². The Morgan fingerprint density at radius 2 is 1.92 bits per heavy atom. The largest absolute Gasteiger partial charge is 0.480 e. The van der Waals surface area contributed by atoms with E-state index in [-0.39, 0.29) is 41.6 Å². The number of oxime groups is 1. The maximum absolute atomic E-state index is 12.9. The summed E-state index contributed by atoms with van der Waals surface area (Å²) in [5.74, 6) is -2.91. The van der Waals surface area contributed by atoms with Crippen molar-refractivity contribution in [3.63, 3.8) is 0 Å². The van der Waals surface area contributed by atoms with Crippen LogP contribution in [0.2, 0.25) is 0 Å². The number of thioether (sulfide) groups is 2. The van der Waals surface area contributed by atoms with Crippen LogP contribution in [0, 0.1) is 0 Å². The second-order valence-electron chi connectivity index (χ2n) is 11.3. The molecule has 2 aromatic carbocycles. The number of carbonyl (C=O) groups is 5. The Morgan fingerprint density at radius 3 is 2.54 bits per heavy atom. The van der Waals surface area contributed by atoms with E-state index in [0.29, 0.717) is 5.56 Å². The van der Waals surface area contributed by atoms with E-state index in [4.69, 9.17) is 20.0 Å². The number of aliphatic carboxylic acids is 1. The number of nitrogens with one attached hydrogen (secondary N) is 1. The fourth-order valence-electron chi connectivity index (χ4n) is 5.74. The lowest BCUT2D eigenvalue weighted by molar-refractivity contribution is -0.156. The molecule has 264 valence electrons. The number of fused-ring (bicyclic) bond motifs is 3. The van der Waals surface area contributed by atoms with Gasteiger partial charge in [-0.3, -0.25) is 19.2 Å². The van der Waals surface area contributed by atoms with E-state index in [1.807, 2.05) is 48.5 Å². The fourth-order valence-corrected chi connectivity index (χ4v) is 9.25. The average Bonchev–Trinajstić information content (AvgIpc) is 3.56. The predicted octanol–water partition coefficient (Wildman–Crippen LogP) is 3.32. The molecule has 2 saturated heterocycles. The molecular weight excluding hydrogens is 707 g/mol. The highest BCUT2D eigenvalue weighted by molar-refractivity contribution is 8.05. The number of carbonyl (C=O) groups excluding carboxylic acids is 4. The van der Waals surface area contributed by atoms with E-state index in [1.54, 1.807) is 26.2 Å². The molecule has 3 aliphatic rings. The molecule has 2 amide bonds. The summed E-state index contributed by atoms with van der Waals surface area (Å²) in [6.45, 7) is 3.20. The van der Waals surface area contributed by atoms with Gasteiger partial charge in [0.1, 0.15) is 35.1 Å². The molecule has 4 heterocycles. The van der Waals surface area contributed by atoms with Crippen LogP contribution in [-0.2, 0) is 33.5 Å². The number of ether oxygens (including phenoxy) is 2. The minimum absolute atomic E-state index is 0.0906. The smallest absolute Gasteiger partial charge is 0.339 e. The highest BCUT2D eigenvalue weighted by Crippen LogP contribution is 2.49. The Bertz CT molecular complexity index is 1810. The lowest BCUT2D eigenvalue weighted by Gasteiger charge is -2.56. The molecule has 17 heteroatoms. The normalized spacial score (nSPS) is 24.3. The average molecular weight is 742 g/mol. The minimum atomic E-state index is -1.39. The number of anilines is 1. The van der Waals surface area contributed by atoms with Crippen molar-refractivity contribution >= 4 is 75.4 Å². The summed E-state index contributed by atoms with van der Waals surface area (Å²) in [6, 6.07) is 16.4. The van der Waals surface area contributed by atoms with Crippen molar-refractivity contribution in [1.29, 1.82) is 0 Å². The van der Waals surface area contributed by atoms with Gasteiger partial charge in [-0.25, -0.2) is 9.78 Å². The minimum Gasteiger partial charge on any atom is -0.480 e. The van der Waals surface area contributed by atoms with Gasteiger partial charge >= 0.3 is 17.9 Å². The number of carboxylic acid groups (broad SMARTS) is 1. The third-order valence-electron chi connectivity index (χ3n) is 8.25. The molecule has 4 N–H and O–H groups in total. The Hall–Kier alpha value is -4.61. The first-order valence-corrected chi connectivity index (χ1v) is 18.4. The predicted molar refractivity (Wildman–Crippen MR) is 189 cm³/mol. The molecule has 6 atom stereocenters. The van der Waals surface area contributed by atoms with Gasteiger partial charge < -0.3 is 35.4 Å². The van der Waals surface area contributed by atoms with Crippen molar-refractivity contribution in [2.75, 3.05) is 25.6 Å². The van der Waals surface area contributed by atoms with Crippen LogP contribution in [0.25, 0.3) is 0 Å². The van der Waals surface area contributed by atoms with Crippen molar-refractivity contribution in [3.05, 3.63) is 82.4 Å². The molecule has 5 unspecified atom stereocenters. The van der Waals surface area contributed by atoms with Crippen molar-refractivity contribution in [2.45, 2.75) is 53.9 Å². The van der Waals surface area contributed by atoms with E-state index >= 15 is 0 Å². The van der Waals surface area contributed by atoms with E-state index < -0.39 is 51.3 Å². The highest BCUT2D eigenvalue weighted by Gasteiger charge is 2.63. The Balaban J connectivity index is 0.000000250. The number of aromatic nitrogens is 1. The number of carboxylic acids is 1. The van der Waals surface area contributed by atoms with Crippen molar-refractivity contribution < 1.29 is 43.4 Å². The summed E-state index contributed by atoms with van der Waals surface area (Å²) in [6.07, 6.45) is 0.796. The molecule has 2 bridgehead atoms. The van der Waals surface area contributed by atoms with Crippen molar-refractivity contribution in [1.82, 2.24) is 15.2 Å². The van der Waals surface area contributed by atoms with Crippen LogP contribution >= 0.6 is 34.9 Å². The molecule has 14 nitrogen and oxygen atoms in total. The van der Waals surface area contributed by atoms with E-state index in [1.165, 1.54) is 29.2 Å². The number of hydrogen-bond acceptors (Lipinski definition) is 14. The molecular formula is C33H35N5O9S3. The first kappa shape index (κ1) is 36.7. The number of hydrogen-bond donors (Lipinski definition) is 3. The summed E-state index contributed by atoms with van der Waals surface area (Å²) < 4.78 is 9.47. The van der Waals surface area contributed by atoms with Crippen LogP contribution in [0.15, 0.2) is 65.1 Å². The fraction of sp³-hybridized carbons (Fsp3) is 0.364. The summed E-state index contributed by atoms with van der Waals surface area (Å²) >= 11 is 3.40. The van der Waals surface area contributed by atoms with Crippen LogP contribution < -0.4 is 11.1 Å². The molecule has 0 saturated carbocycles. The molecule has 2 fully saturated rings. The Labute approximate surface area is 300 Å². The molecule has 3 aliphatic heterocycles. The summed E-state index contributed by atoms with van der Waals surface area (Å²) in [5, 5.41) is 17.0. The van der Waals surface area contributed by atoms with E-state index in [9.17, 15) is 29.1 Å². The number of thiazole rings is 1. The van der Waals surface area contributed by atoms with Gasteiger partial charge in [0.25, 0.3) is 5.91 Å². The van der Waals surface area contributed by atoms with Gasteiger partial charge in [-0.15, -0.1) is 34.9 Å².